The number of carbonyl (C=O) groups is 1. The number of halogens is 3. The Kier molecular flexibility index (Phi) is 11.8. The van der Waals surface area contributed by atoms with E-state index in [0.29, 0.717) is 17.1 Å². The van der Waals surface area contributed by atoms with Gasteiger partial charge < -0.3 is 29.4 Å². The van der Waals surface area contributed by atoms with Gasteiger partial charge in [0.1, 0.15) is 40.3 Å². The van der Waals surface area contributed by atoms with Crippen LogP contribution in [-0.2, 0) is 34.8 Å². The van der Waals surface area contributed by atoms with E-state index in [4.69, 9.17) is 35.5 Å². The third-order valence-corrected chi connectivity index (χ3v) is 10.6. The van der Waals surface area contributed by atoms with E-state index in [-0.39, 0.29) is 68.8 Å². The highest BCUT2D eigenvalue weighted by Crippen LogP contribution is 2.48. The third-order valence-electron chi connectivity index (χ3n) is 9.18. The fraction of sp³-hybridized carbons (Fsp3) is 0.325. The highest BCUT2D eigenvalue weighted by Gasteiger charge is 2.40. The summed E-state index contributed by atoms with van der Waals surface area (Å²) in [5.74, 6) is -0.574. The molecule has 1 amide bonds. The number of nitrogens with one attached hydrogen (secondary N) is 1. The van der Waals surface area contributed by atoms with E-state index in [2.05, 4.69) is 10.4 Å². The van der Waals surface area contributed by atoms with Crippen molar-refractivity contribution in [3.63, 3.8) is 0 Å². The monoisotopic (exact) mass is 840 g/mol. The number of aliphatic hydroxyl groups is 1. The number of benzene rings is 4. The van der Waals surface area contributed by atoms with Gasteiger partial charge >= 0.3 is 6.09 Å². The molecule has 0 spiro atoms. The van der Waals surface area contributed by atoms with E-state index < -0.39 is 45.6 Å². The summed E-state index contributed by atoms with van der Waals surface area (Å²) in [6, 6.07) is 14.8. The molecule has 0 radical (unpaired) electrons. The number of aryl methyl sites for hydroxylation is 1. The van der Waals surface area contributed by atoms with Crippen LogP contribution < -0.4 is 28.7 Å². The Morgan fingerprint density at radius 2 is 1.62 bits per heavy atom. The molecule has 0 fully saturated rings. The van der Waals surface area contributed by atoms with Gasteiger partial charge in [-0.3, -0.25) is 9.58 Å². The van der Waals surface area contributed by atoms with E-state index in [1.807, 2.05) is 0 Å². The first-order chi connectivity index (χ1) is 27.3. The zero-order valence-corrected chi connectivity index (χ0v) is 34.6. The third kappa shape index (κ3) is 8.75. The molecule has 2 heterocycles. The summed E-state index contributed by atoms with van der Waals surface area (Å²) in [4.78, 5) is 19.9. The van der Waals surface area contributed by atoms with Gasteiger partial charge in [0, 0.05) is 31.7 Å². The molecular weight excluding hydrogens is 798 g/mol. The Hall–Kier alpha value is -5.65. The molecular formula is C40H43ClF2N6O8S. The topological polar surface area (TPSA) is 157 Å². The molecule has 1 unspecified atom stereocenters. The van der Waals surface area contributed by atoms with Crippen LogP contribution in [0.5, 0.6) is 17.2 Å². The summed E-state index contributed by atoms with van der Waals surface area (Å²) in [6.07, 6.45) is -1.67. The average Bonchev–Trinajstić information content (AvgIpc) is 3.49. The van der Waals surface area contributed by atoms with Crippen LogP contribution in [0.1, 0.15) is 43.7 Å². The molecule has 0 saturated heterocycles. The number of aromatic nitrogens is 2. The second kappa shape index (κ2) is 16.3. The maximum Gasteiger partial charge on any atom is 0.408 e. The molecule has 4 aromatic carbocycles. The first-order valence-electron chi connectivity index (χ1n) is 17.8. The Balaban J connectivity index is 1.60. The maximum absolute atomic E-state index is 14.6. The quantitative estimate of drug-likeness (QED) is 0.132. The van der Waals surface area contributed by atoms with Gasteiger partial charge in [0.25, 0.3) is 0 Å². The molecule has 5 aromatic rings. The predicted octanol–water partition coefficient (Wildman–Crippen LogP) is 7.17. The number of anilines is 2. The van der Waals surface area contributed by atoms with Crippen molar-refractivity contribution in [3.05, 3.63) is 100 Å². The van der Waals surface area contributed by atoms with Gasteiger partial charge in [0.05, 0.1) is 73.0 Å². The fourth-order valence-corrected chi connectivity index (χ4v) is 7.80. The number of rotatable bonds is 12. The molecule has 1 aliphatic heterocycles. The average molecular weight is 841 g/mol. The Morgan fingerprint density at radius 1 is 0.966 bits per heavy atom. The first kappa shape index (κ1) is 42.0. The van der Waals surface area contributed by atoms with Crippen molar-refractivity contribution in [2.24, 2.45) is 12.0 Å². The van der Waals surface area contributed by atoms with Crippen molar-refractivity contribution in [1.29, 1.82) is 0 Å². The zero-order chi connectivity index (χ0) is 42.3. The Bertz CT molecular complexity index is 2490. The number of sulfonamides is 1. The second-order valence-electron chi connectivity index (χ2n) is 14.5. The van der Waals surface area contributed by atoms with Crippen LogP contribution in [0.15, 0.2) is 71.7 Å². The Labute approximate surface area is 339 Å². The summed E-state index contributed by atoms with van der Waals surface area (Å²) in [7, 11) is 1.97. The molecule has 0 saturated carbocycles. The number of amides is 1. The summed E-state index contributed by atoms with van der Waals surface area (Å²) >= 11 is 6.91. The lowest BCUT2D eigenvalue weighted by molar-refractivity contribution is 0.0516. The van der Waals surface area contributed by atoms with E-state index in [0.717, 1.165) is 28.8 Å². The summed E-state index contributed by atoms with van der Waals surface area (Å²) < 4.78 is 80.8. The number of hydrogen-bond donors (Lipinski definition) is 2. The number of aliphatic hydroxyl groups excluding tert-OH is 1. The first-order valence-corrected chi connectivity index (χ1v) is 20.1. The molecule has 14 nitrogen and oxygen atoms in total. The van der Waals surface area contributed by atoms with Crippen LogP contribution in [0.25, 0.3) is 10.9 Å². The molecule has 18 heteroatoms. The highest BCUT2D eigenvalue weighted by atomic mass is 35.5. The van der Waals surface area contributed by atoms with Crippen molar-refractivity contribution < 1.29 is 46.0 Å². The van der Waals surface area contributed by atoms with E-state index in [1.54, 1.807) is 70.3 Å². The number of nitrogens with zero attached hydrogens (tertiary/aromatic N) is 5. The second-order valence-corrected chi connectivity index (χ2v) is 16.8. The molecule has 2 atom stereocenters. The molecule has 0 aliphatic carbocycles. The largest absolute Gasteiger partial charge is 0.497 e. The zero-order valence-electron chi connectivity index (χ0n) is 33.0. The van der Waals surface area contributed by atoms with Crippen molar-refractivity contribution in [2.75, 3.05) is 36.8 Å². The number of hydrogen-bond acceptors (Lipinski definition) is 11. The minimum absolute atomic E-state index is 0.00425. The molecule has 6 rings (SSSR count). The smallest absolute Gasteiger partial charge is 0.408 e. The summed E-state index contributed by atoms with van der Waals surface area (Å²) in [5, 5.41) is 20.3. The lowest BCUT2D eigenvalue weighted by Gasteiger charge is -2.39. The number of amidine groups is 1. The Morgan fingerprint density at radius 3 is 2.21 bits per heavy atom. The van der Waals surface area contributed by atoms with Gasteiger partial charge in [0.2, 0.25) is 10.0 Å². The van der Waals surface area contributed by atoms with Gasteiger partial charge in [-0.15, -0.1) is 0 Å². The maximum atomic E-state index is 14.6. The van der Waals surface area contributed by atoms with Crippen LogP contribution >= 0.6 is 11.6 Å². The molecule has 1 aromatic heterocycles. The van der Waals surface area contributed by atoms with Crippen LogP contribution in [0.4, 0.5) is 30.8 Å². The van der Waals surface area contributed by atoms with Crippen LogP contribution in [0.2, 0.25) is 5.02 Å². The van der Waals surface area contributed by atoms with Gasteiger partial charge in [-0.2, -0.15) is 5.10 Å². The van der Waals surface area contributed by atoms with Gasteiger partial charge in [-0.25, -0.2) is 31.3 Å². The van der Waals surface area contributed by atoms with Crippen molar-refractivity contribution in [1.82, 2.24) is 15.1 Å². The number of ether oxygens (including phenoxy) is 4. The standard InChI is InChI=1S/C40H43ClF2N6O8S/c1-40(2,3)57-39(51)45-30(17-23-15-24(42)18-25(43)16-23)36-44-29-19-27(55-6)20-32(56-7)34(29)38(50)49(36)31-14-13-28(41)33-35(31)47(4)46-37(33)48(58(8,52)53)21-22-9-11-26(54-5)12-10-22/h9-16,18-20,30,38,50H,17,21H2,1-8H3,(H,45,51)/t30-,38?/m0/s1. The lowest BCUT2D eigenvalue weighted by Crippen LogP contribution is -2.53. The molecule has 308 valence electrons. The number of methoxy groups -OCH3 is 3. The molecule has 0 bridgehead atoms. The van der Waals surface area contributed by atoms with Crippen LogP contribution in [0, 0.1) is 11.6 Å². The number of fused-ring (bicyclic) bond motifs is 2. The summed E-state index contributed by atoms with van der Waals surface area (Å²) in [6.45, 7) is 4.90. The lowest BCUT2D eigenvalue weighted by atomic mass is 9.99. The van der Waals surface area contributed by atoms with Gasteiger partial charge in [-0.1, -0.05) is 23.7 Å². The minimum Gasteiger partial charge on any atom is -0.497 e. The highest BCUT2D eigenvalue weighted by molar-refractivity contribution is 7.92. The van der Waals surface area contributed by atoms with Gasteiger partial charge in [0.15, 0.2) is 12.0 Å². The number of alkyl carbamates (subject to hydrolysis) is 1. The van der Waals surface area contributed by atoms with Gasteiger partial charge in [-0.05, 0) is 68.3 Å². The minimum atomic E-state index is -4.00. The van der Waals surface area contributed by atoms with E-state index in [1.165, 1.54) is 37.0 Å². The molecule has 58 heavy (non-hydrogen) atoms. The van der Waals surface area contributed by atoms with Crippen molar-refractivity contribution in [3.8, 4) is 17.2 Å². The summed E-state index contributed by atoms with van der Waals surface area (Å²) in [5.41, 5.74) is 0.734. The van der Waals surface area contributed by atoms with Crippen LogP contribution in [-0.4, -0.2) is 74.5 Å². The molecule has 1 aliphatic rings. The molecule has 2 N–H and O–H groups in total. The normalized spacial score (nSPS) is 14.7. The van der Waals surface area contributed by atoms with Crippen LogP contribution in [0.3, 0.4) is 0 Å². The van der Waals surface area contributed by atoms with Crippen molar-refractivity contribution in [2.45, 2.75) is 51.6 Å². The van der Waals surface area contributed by atoms with Crippen molar-refractivity contribution >= 4 is 61.6 Å². The van der Waals surface area contributed by atoms with E-state index >= 15 is 0 Å². The van der Waals surface area contributed by atoms with E-state index in [9.17, 15) is 27.1 Å². The number of aliphatic imine (C=N–C) groups is 1. The fourth-order valence-electron chi connectivity index (χ4n) is 6.73. The SMILES string of the molecule is COc1ccc(CN(c2nn(C)c3c(N4C([C@H](Cc5cc(F)cc(F)c5)NC(=O)OC(C)(C)C)=Nc5cc(OC)cc(OC)c5C4O)ccc(Cl)c23)S(C)(=O)=O)cc1. The number of carbonyl (C=O) groups excluding carboxylic acids is 1. The predicted molar refractivity (Wildman–Crippen MR) is 217 cm³/mol.